The number of hydrogen-bond acceptors (Lipinski definition) is 2. The van der Waals surface area contributed by atoms with E-state index in [1.165, 1.54) is 35.2 Å². The average molecular weight is 355 g/mol. The van der Waals surface area contributed by atoms with Crippen LogP contribution in [0.15, 0.2) is 15.9 Å². The molecule has 0 aliphatic heterocycles. The van der Waals surface area contributed by atoms with Gasteiger partial charge in [0, 0.05) is 21.2 Å². The lowest BCUT2D eigenvalue weighted by Gasteiger charge is -2.15. The zero-order chi connectivity index (χ0) is 11.1. The van der Waals surface area contributed by atoms with Gasteiger partial charge < -0.3 is 4.90 Å². The second kappa shape index (κ2) is 7.82. The fraction of sp³-hybridized carbons (Fsp3) is 0.636. The lowest BCUT2D eigenvalue weighted by molar-refractivity contribution is 0.320. The Bertz CT molecular complexity index is 275. The second-order valence-corrected chi connectivity index (χ2v) is 6.33. The van der Waals surface area contributed by atoms with E-state index in [2.05, 4.69) is 55.3 Å². The van der Waals surface area contributed by atoms with E-state index >= 15 is 0 Å². The molecule has 86 valence electrons. The molecule has 0 saturated heterocycles. The van der Waals surface area contributed by atoms with Crippen molar-refractivity contribution in [1.82, 2.24) is 4.90 Å². The number of hydrogen-bond donors (Lipinski definition) is 0. The van der Waals surface area contributed by atoms with Gasteiger partial charge in [-0.15, -0.1) is 11.3 Å². The maximum absolute atomic E-state index is 3.57. The van der Waals surface area contributed by atoms with Gasteiger partial charge in [0.25, 0.3) is 0 Å². The van der Waals surface area contributed by atoms with Gasteiger partial charge in [-0.2, -0.15) is 0 Å². The maximum atomic E-state index is 3.57. The zero-order valence-electron chi connectivity index (χ0n) is 9.01. The van der Waals surface area contributed by atoms with Crippen molar-refractivity contribution in [2.75, 3.05) is 18.9 Å². The maximum Gasteiger partial charge on any atom is 0.0336 e. The third-order valence-electron chi connectivity index (χ3n) is 2.28. The van der Waals surface area contributed by atoms with Crippen LogP contribution in [0.1, 0.15) is 24.1 Å². The predicted octanol–water partition coefficient (Wildman–Crippen LogP) is 4.51. The average Bonchev–Trinajstić information content (AvgIpc) is 2.59. The molecular weight excluding hydrogens is 338 g/mol. The summed E-state index contributed by atoms with van der Waals surface area (Å²) in [4.78, 5) is 3.82. The van der Waals surface area contributed by atoms with Gasteiger partial charge in [0.1, 0.15) is 0 Å². The first kappa shape index (κ1) is 13.7. The Morgan fingerprint density at radius 3 is 2.73 bits per heavy atom. The van der Waals surface area contributed by atoms with Gasteiger partial charge in [-0.05, 0) is 53.8 Å². The Morgan fingerprint density at radius 1 is 1.33 bits per heavy atom. The number of halogens is 2. The fourth-order valence-corrected chi connectivity index (χ4v) is 3.37. The summed E-state index contributed by atoms with van der Waals surface area (Å²) < 4.78 is 1.25. The van der Waals surface area contributed by atoms with Crippen molar-refractivity contribution in [1.29, 1.82) is 0 Å². The zero-order valence-corrected chi connectivity index (χ0v) is 13.0. The molecule has 0 saturated carbocycles. The summed E-state index contributed by atoms with van der Waals surface area (Å²) >= 11 is 8.85. The monoisotopic (exact) mass is 353 g/mol. The van der Waals surface area contributed by atoms with Crippen molar-refractivity contribution in [3.8, 4) is 0 Å². The van der Waals surface area contributed by atoms with Crippen molar-refractivity contribution < 1.29 is 0 Å². The third kappa shape index (κ3) is 5.48. The highest BCUT2D eigenvalue weighted by Gasteiger charge is 2.04. The van der Waals surface area contributed by atoms with Crippen LogP contribution in [-0.2, 0) is 6.54 Å². The van der Waals surface area contributed by atoms with E-state index in [4.69, 9.17) is 0 Å². The molecule has 1 aromatic rings. The van der Waals surface area contributed by atoms with E-state index in [1.54, 1.807) is 0 Å². The minimum absolute atomic E-state index is 1.06. The van der Waals surface area contributed by atoms with Gasteiger partial charge in [-0.25, -0.2) is 0 Å². The van der Waals surface area contributed by atoms with Gasteiger partial charge >= 0.3 is 0 Å². The van der Waals surface area contributed by atoms with Crippen LogP contribution in [0.4, 0.5) is 0 Å². The van der Waals surface area contributed by atoms with E-state index in [-0.39, 0.29) is 0 Å². The molecule has 0 N–H and O–H groups in total. The van der Waals surface area contributed by atoms with Gasteiger partial charge in [0.05, 0.1) is 0 Å². The molecule has 0 fully saturated rings. The lowest BCUT2D eigenvalue weighted by Crippen LogP contribution is -2.18. The Labute approximate surface area is 113 Å². The molecule has 0 aliphatic carbocycles. The summed E-state index contributed by atoms with van der Waals surface area (Å²) in [5, 5.41) is 3.27. The first-order valence-electron chi connectivity index (χ1n) is 5.20. The molecule has 1 heterocycles. The highest BCUT2D eigenvalue weighted by molar-refractivity contribution is 9.10. The summed E-state index contributed by atoms with van der Waals surface area (Å²) in [6.45, 7) is 2.25. The second-order valence-electron chi connectivity index (χ2n) is 3.68. The molecule has 0 bridgehead atoms. The number of nitrogens with zero attached hydrogens (tertiary/aromatic N) is 1. The highest BCUT2D eigenvalue weighted by Crippen LogP contribution is 2.23. The lowest BCUT2D eigenvalue weighted by atomic mass is 10.2. The first-order valence-corrected chi connectivity index (χ1v) is 8.00. The van der Waals surface area contributed by atoms with Gasteiger partial charge in [0.15, 0.2) is 0 Å². The van der Waals surface area contributed by atoms with Crippen LogP contribution in [0.2, 0.25) is 0 Å². The molecule has 0 unspecified atom stereocenters. The van der Waals surface area contributed by atoms with E-state index in [0.29, 0.717) is 0 Å². The van der Waals surface area contributed by atoms with Crippen LogP contribution < -0.4 is 0 Å². The molecule has 4 heteroatoms. The highest BCUT2D eigenvalue weighted by atomic mass is 79.9. The Balaban J connectivity index is 2.18. The van der Waals surface area contributed by atoms with Crippen molar-refractivity contribution in [2.24, 2.45) is 0 Å². The van der Waals surface area contributed by atoms with Crippen LogP contribution in [0.3, 0.4) is 0 Å². The molecule has 0 spiro atoms. The minimum Gasteiger partial charge on any atom is -0.301 e. The molecule has 0 aromatic carbocycles. The smallest absolute Gasteiger partial charge is 0.0336 e. The van der Waals surface area contributed by atoms with Crippen LogP contribution in [-0.4, -0.2) is 23.8 Å². The molecule has 0 radical (unpaired) electrons. The van der Waals surface area contributed by atoms with Crippen molar-refractivity contribution in [3.05, 3.63) is 20.8 Å². The molecule has 1 nitrogen and oxygen atoms in total. The SMILES string of the molecule is CN(CCCCCBr)Cc1sccc1Br. The summed E-state index contributed by atoms with van der Waals surface area (Å²) in [6, 6.07) is 2.12. The van der Waals surface area contributed by atoms with Crippen LogP contribution >= 0.6 is 43.2 Å². The number of alkyl halides is 1. The molecule has 1 rings (SSSR count). The summed E-state index contributed by atoms with van der Waals surface area (Å²) in [7, 11) is 2.19. The van der Waals surface area contributed by atoms with E-state index in [1.807, 2.05) is 11.3 Å². The third-order valence-corrected chi connectivity index (χ3v) is 4.75. The number of thiophene rings is 1. The normalized spacial score (nSPS) is 11.2. The molecule has 1 aromatic heterocycles. The van der Waals surface area contributed by atoms with E-state index in [0.717, 1.165) is 11.9 Å². The minimum atomic E-state index is 1.06. The van der Waals surface area contributed by atoms with Crippen LogP contribution in [0, 0.1) is 0 Å². The first-order chi connectivity index (χ1) is 7.24. The molecule has 0 atom stereocenters. The largest absolute Gasteiger partial charge is 0.301 e. The summed E-state index contributed by atoms with van der Waals surface area (Å²) in [5.41, 5.74) is 0. The van der Waals surface area contributed by atoms with Crippen LogP contribution in [0.25, 0.3) is 0 Å². The van der Waals surface area contributed by atoms with Crippen molar-refractivity contribution >= 4 is 43.2 Å². The fourth-order valence-electron chi connectivity index (χ4n) is 1.42. The van der Waals surface area contributed by atoms with Gasteiger partial charge in [0.2, 0.25) is 0 Å². The number of rotatable bonds is 7. The molecule has 0 amide bonds. The number of unbranched alkanes of at least 4 members (excludes halogenated alkanes) is 2. The summed E-state index contributed by atoms with van der Waals surface area (Å²) in [6.07, 6.45) is 3.91. The quantitative estimate of drug-likeness (QED) is 0.514. The Hall–Kier alpha value is 0.620. The molecule has 0 aliphatic rings. The standard InChI is InChI=1S/C11H17Br2NS/c1-14(7-4-2-3-6-12)9-11-10(13)5-8-15-11/h5,8H,2-4,6-7,9H2,1H3. The van der Waals surface area contributed by atoms with Gasteiger partial charge in [-0.1, -0.05) is 22.4 Å². The molecule has 15 heavy (non-hydrogen) atoms. The topological polar surface area (TPSA) is 3.24 Å². The van der Waals surface area contributed by atoms with Crippen molar-refractivity contribution in [2.45, 2.75) is 25.8 Å². The molecular formula is C11H17Br2NS. The van der Waals surface area contributed by atoms with Crippen molar-refractivity contribution in [3.63, 3.8) is 0 Å². The summed E-state index contributed by atoms with van der Waals surface area (Å²) in [5.74, 6) is 0. The van der Waals surface area contributed by atoms with E-state index < -0.39 is 0 Å². The Kier molecular flexibility index (Phi) is 7.14. The predicted molar refractivity (Wildman–Crippen MR) is 76.0 cm³/mol. The van der Waals surface area contributed by atoms with E-state index in [9.17, 15) is 0 Å². The van der Waals surface area contributed by atoms with Gasteiger partial charge in [-0.3, -0.25) is 0 Å². The van der Waals surface area contributed by atoms with Crippen LogP contribution in [0.5, 0.6) is 0 Å². The Morgan fingerprint density at radius 2 is 2.13 bits per heavy atom.